The predicted octanol–water partition coefficient (Wildman–Crippen LogP) is 0.801. The largest absolute Gasteiger partial charge is 0.370 e. The first-order valence-electron chi connectivity index (χ1n) is 10.5. The predicted molar refractivity (Wildman–Crippen MR) is 121 cm³/mol. The van der Waals surface area contributed by atoms with Crippen LogP contribution in [-0.2, 0) is 22.4 Å². The topological polar surface area (TPSA) is 159 Å². The Labute approximate surface area is 191 Å². The fourth-order valence-electron chi connectivity index (χ4n) is 3.18. The van der Waals surface area contributed by atoms with Crippen molar-refractivity contribution in [1.29, 1.82) is 0 Å². The van der Waals surface area contributed by atoms with Crippen LogP contribution in [0.15, 0.2) is 60.7 Å². The van der Waals surface area contributed by atoms with Gasteiger partial charge in [-0.15, -0.1) is 10.2 Å². The second-order valence-corrected chi connectivity index (χ2v) is 7.49. The van der Waals surface area contributed by atoms with Gasteiger partial charge in [-0.3, -0.25) is 9.59 Å². The molecule has 0 unspecified atom stereocenters. The van der Waals surface area contributed by atoms with E-state index in [0.29, 0.717) is 13.0 Å². The van der Waals surface area contributed by atoms with Crippen LogP contribution >= 0.6 is 0 Å². The van der Waals surface area contributed by atoms with Gasteiger partial charge in [-0.05, 0) is 35.6 Å². The zero-order valence-corrected chi connectivity index (χ0v) is 18.1. The van der Waals surface area contributed by atoms with Gasteiger partial charge in [0.15, 0.2) is 11.6 Å². The van der Waals surface area contributed by atoms with Crippen LogP contribution in [-0.4, -0.2) is 50.5 Å². The van der Waals surface area contributed by atoms with Crippen molar-refractivity contribution in [1.82, 2.24) is 25.5 Å². The first kappa shape index (κ1) is 23.7. The molecule has 0 saturated heterocycles. The van der Waals surface area contributed by atoms with Gasteiger partial charge in [0.2, 0.25) is 5.91 Å². The summed E-state index contributed by atoms with van der Waals surface area (Å²) in [7, 11) is 0. The molecule has 5 N–H and O–H groups in total. The molecule has 2 aromatic carbocycles. The molecule has 1 atom stereocenters. The lowest BCUT2D eigenvalue weighted by Gasteiger charge is -2.16. The molecular formula is C23H26N7O3. The number of carbonyl (C=O) groups is 3. The van der Waals surface area contributed by atoms with Crippen molar-refractivity contribution in [3.05, 3.63) is 83.5 Å². The first-order chi connectivity index (χ1) is 15.9. The van der Waals surface area contributed by atoms with Crippen molar-refractivity contribution < 1.29 is 14.4 Å². The first-order valence-corrected chi connectivity index (χ1v) is 10.5. The SMILES string of the molecule is NC(=O)CC[C@H](N)C(=O)[C](Cc1ccccc1)c1nnn(C(=O)NCCc2ccccc2)n1. The highest BCUT2D eigenvalue weighted by Crippen LogP contribution is 2.20. The molecule has 0 fully saturated rings. The molecular weight excluding hydrogens is 422 g/mol. The molecule has 1 heterocycles. The Morgan fingerprint density at radius 1 is 0.970 bits per heavy atom. The molecule has 0 saturated carbocycles. The molecule has 0 aliphatic heterocycles. The summed E-state index contributed by atoms with van der Waals surface area (Å²) in [5.74, 6) is -0.749. The molecule has 0 spiro atoms. The van der Waals surface area contributed by atoms with Crippen LogP contribution in [0.5, 0.6) is 0 Å². The maximum absolute atomic E-state index is 13.0. The molecule has 2 amide bonds. The van der Waals surface area contributed by atoms with Gasteiger partial charge in [0, 0.05) is 13.0 Å². The van der Waals surface area contributed by atoms with Gasteiger partial charge in [-0.2, -0.15) is 0 Å². The number of carbonyl (C=O) groups excluding carboxylic acids is 3. The molecule has 33 heavy (non-hydrogen) atoms. The third-order valence-corrected chi connectivity index (χ3v) is 4.96. The average Bonchev–Trinajstić information content (AvgIpc) is 3.32. The molecule has 171 valence electrons. The van der Waals surface area contributed by atoms with Crippen molar-refractivity contribution >= 4 is 17.7 Å². The summed E-state index contributed by atoms with van der Waals surface area (Å²) in [4.78, 5) is 37.4. The summed E-state index contributed by atoms with van der Waals surface area (Å²) in [6.45, 7) is 0.386. The van der Waals surface area contributed by atoms with Crippen molar-refractivity contribution in [3.63, 3.8) is 0 Å². The van der Waals surface area contributed by atoms with E-state index in [1.807, 2.05) is 60.7 Å². The molecule has 1 aromatic heterocycles. The summed E-state index contributed by atoms with van der Waals surface area (Å²) < 4.78 is 0. The number of benzene rings is 2. The fourth-order valence-corrected chi connectivity index (χ4v) is 3.18. The van der Waals surface area contributed by atoms with Gasteiger partial charge in [-0.25, -0.2) is 4.79 Å². The van der Waals surface area contributed by atoms with E-state index in [4.69, 9.17) is 11.5 Å². The fraction of sp³-hybridized carbons (Fsp3) is 0.261. The monoisotopic (exact) mass is 448 g/mol. The zero-order valence-electron chi connectivity index (χ0n) is 18.1. The summed E-state index contributed by atoms with van der Waals surface area (Å²) in [6.07, 6.45) is 0.925. The molecule has 0 aliphatic rings. The summed E-state index contributed by atoms with van der Waals surface area (Å²) in [5.41, 5.74) is 13.1. The lowest BCUT2D eigenvalue weighted by Crippen LogP contribution is -2.37. The van der Waals surface area contributed by atoms with Gasteiger partial charge in [-0.1, -0.05) is 65.5 Å². The van der Waals surface area contributed by atoms with Crippen LogP contribution in [0.2, 0.25) is 0 Å². The lowest BCUT2D eigenvalue weighted by molar-refractivity contribution is -0.119. The number of nitrogens with one attached hydrogen (secondary N) is 1. The number of nitrogens with two attached hydrogens (primary N) is 2. The maximum atomic E-state index is 13.0. The Hall–Kier alpha value is -3.92. The standard InChI is InChI=1S/C23H26N7O3/c24-19(11-12-20(25)31)21(32)18(15-17-9-5-2-6-10-17)22-27-29-30(28-22)23(33)26-14-13-16-7-3-1-4-8-16/h1-10,19H,11-15,24H2,(H2,25,31)(H,26,33)/t19-/m0/s1. The van der Waals surface area contributed by atoms with Gasteiger partial charge in [0.1, 0.15) is 5.92 Å². The van der Waals surface area contributed by atoms with E-state index in [1.165, 1.54) is 0 Å². The van der Waals surface area contributed by atoms with Gasteiger partial charge in [0.25, 0.3) is 0 Å². The third kappa shape index (κ3) is 7.04. The molecule has 0 bridgehead atoms. The van der Waals surface area contributed by atoms with Crippen molar-refractivity contribution in [3.8, 4) is 0 Å². The van der Waals surface area contributed by atoms with Crippen LogP contribution in [0.1, 0.15) is 29.8 Å². The van der Waals surface area contributed by atoms with E-state index in [-0.39, 0.29) is 31.0 Å². The van der Waals surface area contributed by atoms with Crippen molar-refractivity contribution in [2.45, 2.75) is 31.7 Å². The minimum absolute atomic E-state index is 0.0107. The van der Waals surface area contributed by atoms with E-state index < -0.39 is 23.8 Å². The highest BCUT2D eigenvalue weighted by molar-refractivity contribution is 5.99. The molecule has 0 aliphatic carbocycles. The maximum Gasteiger partial charge on any atom is 0.360 e. The number of primary amides is 1. The number of ketones is 1. The second-order valence-electron chi connectivity index (χ2n) is 7.49. The van der Waals surface area contributed by atoms with Crippen LogP contribution in [0.4, 0.5) is 4.79 Å². The minimum Gasteiger partial charge on any atom is -0.370 e. The quantitative estimate of drug-likeness (QED) is 0.391. The molecule has 3 rings (SSSR count). The van der Waals surface area contributed by atoms with E-state index >= 15 is 0 Å². The Morgan fingerprint density at radius 3 is 2.24 bits per heavy atom. The highest BCUT2D eigenvalue weighted by Gasteiger charge is 2.31. The zero-order chi connectivity index (χ0) is 23.6. The average molecular weight is 449 g/mol. The second kappa shape index (κ2) is 11.6. The Balaban J connectivity index is 1.70. The van der Waals surface area contributed by atoms with Crippen LogP contribution in [0, 0.1) is 5.92 Å². The van der Waals surface area contributed by atoms with Gasteiger partial charge < -0.3 is 16.8 Å². The highest BCUT2D eigenvalue weighted by atomic mass is 16.2. The Kier molecular flexibility index (Phi) is 8.36. The number of nitrogens with zero attached hydrogens (tertiary/aromatic N) is 4. The number of rotatable bonds is 11. The number of amides is 2. The Bertz CT molecular complexity index is 1070. The lowest BCUT2D eigenvalue weighted by atomic mass is 9.89. The number of hydrogen-bond donors (Lipinski definition) is 3. The van der Waals surface area contributed by atoms with Crippen LogP contribution in [0.3, 0.4) is 0 Å². The smallest absolute Gasteiger partial charge is 0.360 e. The Morgan fingerprint density at radius 2 is 1.61 bits per heavy atom. The van der Waals surface area contributed by atoms with Crippen molar-refractivity contribution in [2.75, 3.05) is 6.54 Å². The van der Waals surface area contributed by atoms with E-state index in [1.54, 1.807) is 0 Å². The van der Waals surface area contributed by atoms with E-state index in [2.05, 4.69) is 20.7 Å². The van der Waals surface area contributed by atoms with Crippen LogP contribution in [0.25, 0.3) is 0 Å². The third-order valence-electron chi connectivity index (χ3n) is 4.96. The summed E-state index contributed by atoms with van der Waals surface area (Å²) in [6, 6.07) is 17.4. The van der Waals surface area contributed by atoms with Gasteiger partial charge >= 0.3 is 6.03 Å². The number of Topliss-reactive ketones (excluding diaryl/α,β-unsaturated/α-hetero) is 1. The molecule has 10 heteroatoms. The van der Waals surface area contributed by atoms with Gasteiger partial charge in [0.05, 0.1) is 6.04 Å². The minimum atomic E-state index is -0.956. The van der Waals surface area contributed by atoms with E-state index in [0.717, 1.165) is 15.9 Å². The molecule has 1 radical (unpaired) electrons. The number of tetrazole rings is 1. The molecule has 10 nitrogen and oxygen atoms in total. The van der Waals surface area contributed by atoms with Crippen molar-refractivity contribution in [2.24, 2.45) is 11.5 Å². The number of hydrogen-bond acceptors (Lipinski definition) is 7. The number of aromatic nitrogens is 4. The van der Waals surface area contributed by atoms with Crippen LogP contribution < -0.4 is 16.8 Å². The normalized spacial score (nSPS) is 11.8. The van der Waals surface area contributed by atoms with E-state index in [9.17, 15) is 14.4 Å². The summed E-state index contributed by atoms with van der Waals surface area (Å²) in [5, 5.41) is 14.5. The summed E-state index contributed by atoms with van der Waals surface area (Å²) >= 11 is 0. The molecule has 3 aromatic rings.